The van der Waals surface area contributed by atoms with E-state index in [2.05, 4.69) is 0 Å². The van der Waals surface area contributed by atoms with E-state index in [9.17, 15) is 0 Å². The van der Waals surface area contributed by atoms with Crippen molar-refractivity contribution in [2.24, 2.45) is 10.7 Å². The van der Waals surface area contributed by atoms with Crippen LogP contribution in [-0.4, -0.2) is 23.0 Å². The van der Waals surface area contributed by atoms with Crippen LogP contribution >= 0.6 is 22.9 Å². The molecule has 7 heteroatoms. The summed E-state index contributed by atoms with van der Waals surface area (Å²) in [5.41, 5.74) is 8.76. The van der Waals surface area contributed by atoms with Gasteiger partial charge in [0.1, 0.15) is 16.7 Å². The lowest BCUT2D eigenvalue weighted by Crippen LogP contribution is -2.52. The van der Waals surface area contributed by atoms with Gasteiger partial charge in [0.05, 0.1) is 5.71 Å². The van der Waals surface area contributed by atoms with Crippen LogP contribution in [0.1, 0.15) is 35.4 Å². The Morgan fingerprint density at radius 2 is 1.88 bits per heavy atom. The van der Waals surface area contributed by atoms with Crippen molar-refractivity contribution in [3.8, 4) is 0 Å². The van der Waals surface area contributed by atoms with E-state index in [1.807, 2.05) is 38.1 Å². The lowest BCUT2D eigenvalue weighted by atomic mass is 9.99. The Kier molecular flexibility index (Phi) is 4.31. The minimum Gasteiger partial charge on any atom is -0.301 e. The molecule has 0 saturated carbocycles. The first-order chi connectivity index (χ1) is 11.6. The lowest BCUT2D eigenvalue weighted by molar-refractivity contribution is 0.654. The van der Waals surface area contributed by atoms with Crippen molar-refractivity contribution in [2.75, 3.05) is 4.90 Å². The van der Waals surface area contributed by atoms with Gasteiger partial charge in [-0.1, -0.05) is 23.7 Å². The number of nitrogens with two attached hydrogens (primary N) is 1. The average molecular weight is 374 g/mol. The average Bonchev–Trinajstić information content (AvgIpc) is 2.76. The number of hydrogen-bond donors (Lipinski definition) is 3. The molecule has 0 bridgehead atoms. The van der Waals surface area contributed by atoms with Crippen molar-refractivity contribution in [1.82, 2.24) is 0 Å². The summed E-state index contributed by atoms with van der Waals surface area (Å²) in [6.45, 7) is 7.43. The Morgan fingerprint density at radius 1 is 1.28 bits per heavy atom. The molecule has 0 radical (unpaired) electrons. The van der Waals surface area contributed by atoms with Crippen LogP contribution in [0.5, 0.6) is 0 Å². The summed E-state index contributed by atoms with van der Waals surface area (Å²) >= 11 is 7.58. The molecule has 0 saturated heterocycles. The third kappa shape index (κ3) is 2.90. The summed E-state index contributed by atoms with van der Waals surface area (Å²) in [5.74, 6) is 0.336. The molecule has 1 aromatic heterocycles. The molecule has 1 atom stereocenters. The SMILES string of the molecule is CC(=N)N1C(=N)C(C)(N)N=C(c2ccc(Cl)cc2)c2c1sc(C)c2C. The molecule has 0 fully saturated rings. The zero-order chi connectivity index (χ0) is 18.5. The van der Waals surface area contributed by atoms with Crippen LogP contribution in [0.25, 0.3) is 0 Å². The zero-order valence-corrected chi connectivity index (χ0v) is 16.1. The first-order valence-corrected chi connectivity index (χ1v) is 9.02. The Hall–Kier alpha value is -2.02. The number of halogens is 1. The largest absolute Gasteiger partial charge is 0.301 e. The summed E-state index contributed by atoms with van der Waals surface area (Å²) in [7, 11) is 0. The normalized spacial score (nSPS) is 20.2. The number of fused-ring (bicyclic) bond motifs is 1. The summed E-state index contributed by atoms with van der Waals surface area (Å²) in [6, 6.07) is 7.45. The summed E-state index contributed by atoms with van der Waals surface area (Å²) < 4.78 is 0. The molecule has 2 aromatic rings. The van der Waals surface area contributed by atoms with Gasteiger partial charge >= 0.3 is 0 Å². The van der Waals surface area contributed by atoms with Crippen LogP contribution in [0.3, 0.4) is 0 Å². The van der Waals surface area contributed by atoms with Crippen LogP contribution in [0.15, 0.2) is 29.3 Å². The van der Waals surface area contributed by atoms with E-state index < -0.39 is 5.66 Å². The molecule has 25 heavy (non-hydrogen) atoms. The monoisotopic (exact) mass is 373 g/mol. The molecule has 5 nitrogen and oxygen atoms in total. The number of thiophene rings is 1. The maximum atomic E-state index is 8.55. The highest BCUT2D eigenvalue weighted by Gasteiger charge is 2.38. The fourth-order valence-electron chi connectivity index (χ4n) is 2.85. The first kappa shape index (κ1) is 17.8. The van der Waals surface area contributed by atoms with Gasteiger partial charge in [-0.15, -0.1) is 11.3 Å². The van der Waals surface area contributed by atoms with E-state index in [4.69, 9.17) is 33.1 Å². The third-order valence-corrected chi connectivity index (χ3v) is 5.75. The molecule has 3 rings (SSSR count). The van der Waals surface area contributed by atoms with Gasteiger partial charge in [-0.25, -0.2) is 0 Å². The maximum Gasteiger partial charge on any atom is 0.164 e. The van der Waals surface area contributed by atoms with Gasteiger partial charge in [-0.2, -0.15) is 0 Å². The van der Waals surface area contributed by atoms with Crippen LogP contribution in [0.4, 0.5) is 5.00 Å². The summed E-state index contributed by atoms with van der Waals surface area (Å²) in [4.78, 5) is 7.45. The highest BCUT2D eigenvalue weighted by Crippen LogP contribution is 2.40. The number of aliphatic imine (C=N–C) groups is 1. The van der Waals surface area contributed by atoms with E-state index in [1.54, 1.807) is 30.1 Å². The van der Waals surface area contributed by atoms with Gasteiger partial charge in [-0.3, -0.25) is 20.7 Å². The van der Waals surface area contributed by atoms with Gasteiger partial charge in [0.25, 0.3) is 0 Å². The van der Waals surface area contributed by atoms with Gasteiger partial charge in [0, 0.05) is 21.0 Å². The number of nitrogens with one attached hydrogen (secondary N) is 2. The molecule has 4 N–H and O–H groups in total. The molecule has 1 aliphatic heterocycles. The number of rotatable bonds is 1. The maximum absolute atomic E-state index is 8.55. The van der Waals surface area contributed by atoms with Crippen molar-refractivity contribution >= 4 is 45.3 Å². The van der Waals surface area contributed by atoms with Crippen LogP contribution in [0.2, 0.25) is 5.02 Å². The minimum atomic E-state index is -1.24. The number of anilines is 1. The first-order valence-electron chi connectivity index (χ1n) is 7.83. The molecular formula is C18H20ClN5S. The fourth-order valence-corrected chi connectivity index (χ4v) is 4.19. The van der Waals surface area contributed by atoms with E-state index in [0.29, 0.717) is 5.02 Å². The predicted octanol–water partition coefficient (Wildman–Crippen LogP) is 4.33. The van der Waals surface area contributed by atoms with Crippen LogP contribution in [0, 0.1) is 24.7 Å². The Labute approximate surface area is 156 Å². The number of benzene rings is 1. The molecule has 0 spiro atoms. The topological polar surface area (TPSA) is 89.3 Å². The number of hydrogen-bond acceptors (Lipinski definition) is 5. The van der Waals surface area contributed by atoms with E-state index in [0.717, 1.165) is 32.3 Å². The van der Waals surface area contributed by atoms with Gasteiger partial charge < -0.3 is 5.73 Å². The molecule has 1 aliphatic rings. The predicted molar refractivity (Wildman–Crippen MR) is 107 cm³/mol. The quantitative estimate of drug-likeness (QED) is 0.513. The molecular weight excluding hydrogens is 354 g/mol. The molecule has 130 valence electrons. The van der Waals surface area contributed by atoms with Crippen molar-refractivity contribution in [2.45, 2.75) is 33.4 Å². The second kappa shape index (κ2) is 6.05. The highest BCUT2D eigenvalue weighted by atomic mass is 35.5. The summed E-state index contributed by atoms with van der Waals surface area (Å²) in [6.07, 6.45) is 0. The van der Waals surface area contributed by atoms with Crippen LogP contribution in [-0.2, 0) is 0 Å². The lowest BCUT2D eigenvalue weighted by Gasteiger charge is -2.28. The second-order valence-corrected chi connectivity index (χ2v) is 7.99. The zero-order valence-electron chi connectivity index (χ0n) is 14.6. The van der Waals surface area contributed by atoms with Crippen molar-refractivity contribution in [3.63, 3.8) is 0 Å². The smallest absolute Gasteiger partial charge is 0.164 e. The molecule has 0 amide bonds. The van der Waals surface area contributed by atoms with E-state index in [-0.39, 0.29) is 11.7 Å². The Balaban J connectivity index is 2.36. The van der Waals surface area contributed by atoms with Crippen molar-refractivity contribution < 1.29 is 0 Å². The third-order valence-electron chi connectivity index (χ3n) is 4.31. The summed E-state index contributed by atoms with van der Waals surface area (Å²) in [5, 5.41) is 18.2. The Bertz CT molecular complexity index is 908. The number of nitrogens with zero attached hydrogens (tertiary/aromatic N) is 2. The molecule has 1 aromatic carbocycles. The Morgan fingerprint density at radius 3 is 2.44 bits per heavy atom. The van der Waals surface area contributed by atoms with E-state index >= 15 is 0 Å². The number of amidine groups is 2. The second-order valence-electron chi connectivity index (χ2n) is 6.35. The van der Waals surface area contributed by atoms with Crippen molar-refractivity contribution in [1.29, 1.82) is 10.8 Å². The standard InChI is InChI=1S/C18H20ClN5S/c1-9-10(2)25-16-14(9)15(12-5-7-13(19)8-6-12)23-18(4,22)17(21)24(16)11(3)20/h5-8,20-21H,22H2,1-4H3. The van der Waals surface area contributed by atoms with E-state index in [1.165, 1.54) is 0 Å². The number of aryl methyl sites for hydroxylation is 1. The molecule has 0 aliphatic carbocycles. The van der Waals surface area contributed by atoms with Crippen molar-refractivity contribution in [3.05, 3.63) is 50.9 Å². The fraction of sp³-hybridized carbons (Fsp3) is 0.278. The highest BCUT2D eigenvalue weighted by molar-refractivity contribution is 7.17. The van der Waals surface area contributed by atoms with Crippen LogP contribution < -0.4 is 10.6 Å². The minimum absolute atomic E-state index is 0.0893. The van der Waals surface area contributed by atoms with Gasteiger partial charge in [-0.05, 0) is 45.4 Å². The molecule has 1 unspecified atom stereocenters. The van der Waals surface area contributed by atoms with Gasteiger partial charge in [0.2, 0.25) is 0 Å². The molecule has 2 heterocycles. The van der Waals surface area contributed by atoms with Gasteiger partial charge in [0.15, 0.2) is 5.66 Å².